The van der Waals surface area contributed by atoms with E-state index in [0.717, 1.165) is 42.7 Å². The van der Waals surface area contributed by atoms with Gasteiger partial charge >= 0.3 is 0 Å². The average Bonchev–Trinajstić information content (AvgIpc) is 3.11. The SMILES string of the molecule is CCC(C)c1ccccc1NC(=O)CCCCCNC(=O)c1c(C)nc2ccccn12. The third kappa shape index (κ3) is 5.72. The fourth-order valence-corrected chi connectivity index (χ4v) is 3.73. The van der Waals surface area contributed by atoms with Gasteiger partial charge in [-0.05, 0) is 55.9 Å². The molecule has 3 aromatic rings. The summed E-state index contributed by atoms with van der Waals surface area (Å²) < 4.78 is 1.81. The van der Waals surface area contributed by atoms with E-state index in [-0.39, 0.29) is 11.8 Å². The van der Waals surface area contributed by atoms with Crippen molar-refractivity contribution in [3.8, 4) is 0 Å². The second-order valence-corrected chi connectivity index (χ2v) is 7.99. The number of fused-ring (bicyclic) bond motifs is 1. The van der Waals surface area contributed by atoms with Crippen molar-refractivity contribution < 1.29 is 9.59 Å². The van der Waals surface area contributed by atoms with E-state index in [4.69, 9.17) is 0 Å². The highest BCUT2D eigenvalue weighted by Gasteiger charge is 2.15. The van der Waals surface area contributed by atoms with Crippen LogP contribution in [0.1, 0.15) is 73.6 Å². The lowest BCUT2D eigenvalue weighted by atomic mass is 9.97. The Morgan fingerprint density at radius 3 is 2.65 bits per heavy atom. The van der Waals surface area contributed by atoms with Crippen LogP contribution in [-0.4, -0.2) is 27.7 Å². The summed E-state index contributed by atoms with van der Waals surface area (Å²) in [5, 5.41) is 6.03. The summed E-state index contributed by atoms with van der Waals surface area (Å²) in [6.07, 6.45) is 5.87. The number of nitrogens with one attached hydrogen (secondary N) is 2. The van der Waals surface area contributed by atoms with E-state index in [0.29, 0.717) is 24.6 Å². The van der Waals surface area contributed by atoms with Crippen LogP contribution in [0.15, 0.2) is 48.7 Å². The maximum atomic E-state index is 12.6. The highest BCUT2D eigenvalue weighted by atomic mass is 16.2. The highest BCUT2D eigenvalue weighted by molar-refractivity contribution is 5.94. The molecule has 0 saturated carbocycles. The Bertz CT molecular complexity index is 1040. The first kappa shape index (κ1) is 22.5. The molecule has 1 atom stereocenters. The third-order valence-electron chi connectivity index (χ3n) is 5.66. The summed E-state index contributed by atoms with van der Waals surface area (Å²) in [5.41, 5.74) is 4.17. The Labute approximate surface area is 184 Å². The Balaban J connectivity index is 1.39. The number of benzene rings is 1. The molecule has 0 aliphatic rings. The van der Waals surface area contributed by atoms with Crippen LogP contribution in [0.2, 0.25) is 0 Å². The zero-order valence-corrected chi connectivity index (χ0v) is 18.6. The maximum Gasteiger partial charge on any atom is 0.270 e. The van der Waals surface area contributed by atoms with Gasteiger partial charge in [-0.25, -0.2) is 4.98 Å². The van der Waals surface area contributed by atoms with Crippen LogP contribution in [0.3, 0.4) is 0 Å². The van der Waals surface area contributed by atoms with Crippen molar-refractivity contribution in [2.24, 2.45) is 0 Å². The number of aromatic nitrogens is 2. The van der Waals surface area contributed by atoms with Crippen LogP contribution in [0.4, 0.5) is 5.69 Å². The van der Waals surface area contributed by atoms with Crippen molar-refractivity contribution >= 4 is 23.1 Å². The number of rotatable bonds is 10. The Hall–Kier alpha value is -3.15. The molecule has 2 N–H and O–H groups in total. The second kappa shape index (κ2) is 10.8. The van der Waals surface area contributed by atoms with Crippen LogP contribution in [-0.2, 0) is 4.79 Å². The van der Waals surface area contributed by atoms with Gasteiger partial charge in [-0.1, -0.05) is 44.5 Å². The lowest BCUT2D eigenvalue weighted by Crippen LogP contribution is -2.26. The molecule has 0 spiro atoms. The predicted octanol–water partition coefficient (Wildman–Crippen LogP) is 5.09. The minimum absolute atomic E-state index is 0.0427. The summed E-state index contributed by atoms with van der Waals surface area (Å²) in [5.74, 6) is 0.341. The molecule has 6 heteroatoms. The highest BCUT2D eigenvalue weighted by Crippen LogP contribution is 2.26. The van der Waals surface area contributed by atoms with Crippen molar-refractivity contribution in [1.82, 2.24) is 14.7 Å². The van der Waals surface area contributed by atoms with Gasteiger partial charge in [0.1, 0.15) is 11.3 Å². The number of aryl methyl sites for hydroxylation is 1. The second-order valence-electron chi connectivity index (χ2n) is 7.99. The molecule has 2 amide bonds. The van der Waals surface area contributed by atoms with Gasteiger partial charge in [0.2, 0.25) is 5.91 Å². The van der Waals surface area contributed by atoms with Gasteiger partial charge in [0.05, 0.1) is 5.69 Å². The number of hydrogen-bond acceptors (Lipinski definition) is 3. The number of amides is 2. The average molecular weight is 421 g/mol. The molecule has 1 unspecified atom stereocenters. The van der Waals surface area contributed by atoms with Crippen LogP contribution >= 0.6 is 0 Å². The number of carbonyl (C=O) groups is 2. The van der Waals surface area contributed by atoms with Gasteiger partial charge in [0.25, 0.3) is 5.91 Å². The number of anilines is 1. The van der Waals surface area contributed by atoms with Crippen LogP contribution in [0.25, 0.3) is 5.65 Å². The summed E-state index contributed by atoms with van der Waals surface area (Å²) in [6, 6.07) is 13.7. The fraction of sp³-hybridized carbons (Fsp3) is 0.400. The van der Waals surface area contributed by atoms with Gasteiger partial charge in [-0.2, -0.15) is 0 Å². The summed E-state index contributed by atoms with van der Waals surface area (Å²) in [7, 11) is 0. The van der Waals surface area contributed by atoms with Crippen molar-refractivity contribution in [2.75, 3.05) is 11.9 Å². The number of nitrogens with zero attached hydrogens (tertiary/aromatic N) is 2. The summed E-state index contributed by atoms with van der Waals surface area (Å²) in [6.45, 7) is 6.75. The summed E-state index contributed by atoms with van der Waals surface area (Å²) in [4.78, 5) is 29.3. The number of imidazole rings is 1. The molecule has 2 heterocycles. The van der Waals surface area contributed by atoms with Crippen molar-refractivity contribution in [3.63, 3.8) is 0 Å². The lowest BCUT2D eigenvalue weighted by molar-refractivity contribution is -0.116. The normalized spacial score (nSPS) is 12.0. The molecule has 3 rings (SSSR count). The topological polar surface area (TPSA) is 75.5 Å². The first-order chi connectivity index (χ1) is 15.0. The third-order valence-corrected chi connectivity index (χ3v) is 5.66. The van der Waals surface area contributed by atoms with Gasteiger partial charge in [-0.15, -0.1) is 0 Å². The van der Waals surface area contributed by atoms with Crippen LogP contribution in [0, 0.1) is 6.92 Å². The molecule has 0 bridgehead atoms. The van der Waals surface area contributed by atoms with Crippen LogP contribution < -0.4 is 10.6 Å². The lowest BCUT2D eigenvalue weighted by Gasteiger charge is -2.15. The maximum absolute atomic E-state index is 12.6. The van der Waals surface area contributed by atoms with E-state index >= 15 is 0 Å². The van der Waals surface area contributed by atoms with Crippen LogP contribution in [0.5, 0.6) is 0 Å². The monoisotopic (exact) mass is 420 g/mol. The molecule has 6 nitrogen and oxygen atoms in total. The molecule has 0 radical (unpaired) electrons. The van der Waals surface area contributed by atoms with Gasteiger partial charge in [0.15, 0.2) is 0 Å². The zero-order valence-electron chi connectivity index (χ0n) is 18.6. The smallest absolute Gasteiger partial charge is 0.270 e. The molecular formula is C25H32N4O2. The molecular weight excluding hydrogens is 388 g/mol. The quantitative estimate of drug-likeness (QED) is 0.449. The van der Waals surface area contributed by atoms with E-state index in [1.165, 1.54) is 5.56 Å². The molecule has 0 saturated heterocycles. The standard InChI is InChI=1S/C25H32N4O2/c1-4-18(2)20-12-7-8-13-21(20)28-23(30)15-6-5-10-16-26-25(31)24-19(3)27-22-14-9-11-17-29(22)24/h7-9,11-14,17-18H,4-6,10,15-16H2,1-3H3,(H,26,31)(H,28,30). The summed E-state index contributed by atoms with van der Waals surface area (Å²) >= 11 is 0. The molecule has 0 fully saturated rings. The Kier molecular flexibility index (Phi) is 7.82. The first-order valence-corrected chi connectivity index (χ1v) is 11.1. The fourth-order valence-electron chi connectivity index (χ4n) is 3.73. The van der Waals surface area contributed by atoms with E-state index in [1.807, 2.05) is 53.9 Å². The van der Waals surface area contributed by atoms with Crippen molar-refractivity contribution in [2.45, 2.75) is 58.8 Å². The van der Waals surface area contributed by atoms with Gasteiger partial charge < -0.3 is 10.6 Å². The number of unbranched alkanes of at least 4 members (excludes halogenated alkanes) is 2. The Morgan fingerprint density at radius 1 is 1.06 bits per heavy atom. The van der Waals surface area contributed by atoms with Gasteiger partial charge in [-0.3, -0.25) is 14.0 Å². The number of para-hydroxylation sites is 1. The largest absolute Gasteiger partial charge is 0.351 e. The molecule has 2 aromatic heterocycles. The zero-order chi connectivity index (χ0) is 22.2. The molecule has 164 valence electrons. The van der Waals surface area contributed by atoms with E-state index in [2.05, 4.69) is 35.5 Å². The number of carbonyl (C=O) groups excluding carboxylic acids is 2. The Morgan fingerprint density at radius 2 is 1.84 bits per heavy atom. The first-order valence-electron chi connectivity index (χ1n) is 11.1. The van der Waals surface area contributed by atoms with Crippen molar-refractivity contribution in [1.29, 1.82) is 0 Å². The predicted molar refractivity (Wildman–Crippen MR) is 125 cm³/mol. The van der Waals surface area contributed by atoms with E-state index in [1.54, 1.807) is 0 Å². The number of hydrogen-bond donors (Lipinski definition) is 2. The molecule has 1 aromatic carbocycles. The van der Waals surface area contributed by atoms with Crippen molar-refractivity contribution in [3.05, 3.63) is 65.6 Å². The van der Waals surface area contributed by atoms with E-state index in [9.17, 15) is 9.59 Å². The van der Waals surface area contributed by atoms with E-state index < -0.39 is 0 Å². The molecule has 31 heavy (non-hydrogen) atoms. The van der Waals surface area contributed by atoms with Gasteiger partial charge in [0, 0.05) is 24.8 Å². The molecule has 0 aliphatic heterocycles. The minimum Gasteiger partial charge on any atom is -0.351 e. The molecule has 0 aliphatic carbocycles. The minimum atomic E-state index is -0.115. The number of pyridine rings is 1.